The standard InChI is InChI=1S/C21H24N4O5S2/c1-13(2)30-17-9-8-15(11-18(17)29-4)12-22-32(27,28)21-25-24-20(31-21)23-19(26)16-7-5-6-14(3)10-16/h5-11,13,22H,12H2,1-4H3,(H,23,24,26). The van der Waals surface area contributed by atoms with Gasteiger partial charge in [-0.25, -0.2) is 13.1 Å². The number of methoxy groups -OCH3 is 1. The van der Waals surface area contributed by atoms with Gasteiger partial charge in [-0.1, -0.05) is 35.1 Å². The van der Waals surface area contributed by atoms with Crippen molar-refractivity contribution < 1.29 is 22.7 Å². The van der Waals surface area contributed by atoms with E-state index in [9.17, 15) is 13.2 Å². The molecule has 0 bridgehead atoms. The van der Waals surface area contributed by atoms with Crippen molar-refractivity contribution >= 4 is 32.4 Å². The number of amides is 1. The molecule has 0 radical (unpaired) electrons. The van der Waals surface area contributed by atoms with E-state index < -0.39 is 15.9 Å². The smallest absolute Gasteiger partial charge is 0.270 e. The molecule has 11 heteroatoms. The number of hydrogen-bond donors (Lipinski definition) is 2. The van der Waals surface area contributed by atoms with Crippen LogP contribution in [0.15, 0.2) is 46.8 Å². The zero-order valence-corrected chi connectivity index (χ0v) is 19.7. The van der Waals surface area contributed by atoms with Gasteiger partial charge in [0.1, 0.15) is 0 Å². The molecule has 0 saturated carbocycles. The highest BCUT2D eigenvalue weighted by Gasteiger charge is 2.21. The molecule has 1 aromatic heterocycles. The van der Waals surface area contributed by atoms with Gasteiger partial charge in [0.05, 0.1) is 13.2 Å². The van der Waals surface area contributed by atoms with Crippen molar-refractivity contribution in [3.63, 3.8) is 0 Å². The Hall–Kier alpha value is -3.02. The predicted molar refractivity (Wildman–Crippen MR) is 122 cm³/mol. The zero-order valence-electron chi connectivity index (χ0n) is 18.1. The molecule has 0 atom stereocenters. The van der Waals surface area contributed by atoms with Gasteiger partial charge in [0.2, 0.25) is 9.47 Å². The van der Waals surface area contributed by atoms with E-state index in [-0.39, 0.29) is 22.1 Å². The molecule has 0 saturated heterocycles. The van der Waals surface area contributed by atoms with Crippen molar-refractivity contribution in [2.45, 2.75) is 37.8 Å². The lowest BCUT2D eigenvalue weighted by atomic mass is 10.1. The van der Waals surface area contributed by atoms with E-state index in [0.29, 0.717) is 22.6 Å². The number of nitrogens with one attached hydrogen (secondary N) is 2. The lowest BCUT2D eigenvalue weighted by molar-refractivity contribution is 0.102. The Balaban J connectivity index is 1.66. The van der Waals surface area contributed by atoms with Crippen LogP contribution in [0.4, 0.5) is 5.13 Å². The van der Waals surface area contributed by atoms with Crippen LogP contribution in [0.2, 0.25) is 0 Å². The minimum Gasteiger partial charge on any atom is -0.493 e. The average Bonchev–Trinajstić information content (AvgIpc) is 3.22. The molecule has 170 valence electrons. The molecule has 1 amide bonds. The normalized spacial score (nSPS) is 11.4. The number of sulfonamides is 1. The minimum absolute atomic E-state index is 0.0191. The van der Waals surface area contributed by atoms with Crippen LogP contribution in [-0.2, 0) is 16.6 Å². The fourth-order valence-electron chi connectivity index (χ4n) is 2.74. The van der Waals surface area contributed by atoms with Crippen LogP contribution in [0, 0.1) is 6.92 Å². The number of hydrogen-bond acceptors (Lipinski definition) is 8. The topological polar surface area (TPSA) is 120 Å². The molecule has 0 aliphatic heterocycles. The Morgan fingerprint density at radius 3 is 2.59 bits per heavy atom. The highest BCUT2D eigenvalue weighted by Crippen LogP contribution is 2.29. The summed E-state index contributed by atoms with van der Waals surface area (Å²) in [5.74, 6) is 0.692. The van der Waals surface area contributed by atoms with Crippen LogP contribution in [0.5, 0.6) is 11.5 Å². The summed E-state index contributed by atoms with van der Waals surface area (Å²) in [6.07, 6.45) is -0.0220. The summed E-state index contributed by atoms with van der Waals surface area (Å²) < 4.78 is 38.5. The summed E-state index contributed by atoms with van der Waals surface area (Å²) in [5, 5.41) is 10.1. The van der Waals surface area contributed by atoms with Crippen molar-refractivity contribution in [1.82, 2.24) is 14.9 Å². The van der Waals surface area contributed by atoms with Gasteiger partial charge in [0.25, 0.3) is 15.9 Å². The molecule has 0 unspecified atom stereocenters. The first-order valence-corrected chi connectivity index (χ1v) is 12.0. The minimum atomic E-state index is -3.92. The lowest BCUT2D eigenvalue weighted by Gasteiger charge is -2.14. The number of aromatic nitrogens is 2. The van der Waals surface area contributed by atoms with Crippen LogP contribution in [-0.4, -0.2) is 37.7 Å². The number of aryl methyl sites for hydroxylation is 1. The molecule has 9 nitrogen and oxygen atoms in total. The molecule has 1 heterocycles. The van der Waals surface area contributed by atoms with E-state index in [1.165, 1.54) is 7.11 Å². The largest absolute Gasteiger partial charge is 0.493 e. The Kier molecular flexibility index (Phi) is 7.44. The average molecular weight is 477 g/mol. The Labute approximate surface area is 190 Å². The van der Waals surface area contributed by atoms with Crippen LogP contribution < -0.4 is 19.5 Å². The Morgan fingerprint density at radius 1 is 1.12 bits per heavy atom. The molecule has 0 fully saturated rings. The molecule has 3 rings (SSSR count). The third-order valence-electron chi connectivity index (χ3n) is 4.19. The number of rotatable bonds is 9. The molecule has 0 spiro atoms. The quantitative estimate of drug-likeness (QED) is 0.454. The van der Waals surface area contributed by atoms with Crippen LogP contribution in [0.25, 0.3) is 0 Å². The maximum atomic E-state index is 12.6. The maximum Gasteiger partial charge on any atom is 0.270 e. The van der Waals surface area contributed by atoms with E-state index in [0.717, 1.165) is 16.9 Å². The highest BCUT2D eigenvalue weighted by atomic mass is 32.2. The molecule has 3 aromatic rings. The molecule has 0 aliphatic carbocycles. The predicted octanol–water partition coefficient (Wildman–Crippen LogP) is 3.37. The van der Waals surface area contributed by atoms with E-state index in [1.54, 1.807) is 36.4 Å². The van der Waals surface area contributed by atoms with Gasteiger partial charge < -0.3 is 9.47 Å². The third-order valence-corrected chi connectivity index (χ3v) is 6.80. The first-order valence-electron chi connectivity index (χ1n) is 9.72. The summed E-state index contributed by atoms with van der Waals surface area (Å²) in [5.41, 5.74) is 2.06. The van der Waals surface area contributed by atoms with Gasteiger partial charge in [-0.05, 0) is 50.6 Å². The summed E-state index contributed by atoms with van der Waals surface area (Å²) in [6.45, 7) is 5.70. The van der Waals surface area contributed by atoms with Gasteiger partial charge in [-0.15, -0.1) is 10.2 Å². The van der Waals surface area contributed by atoms with E-state index >= 15 is 0 Å². The maximum absolute atomic E-state index is 12.6. The van der Waals surface area contributed by atoms with Gasteiger partial charge in [-0.3, -0.25) is 10.1 Å². The monoisotopic (exact) mass is 476 g/mol. The van der Waals surface area contributed by atoms with Crippen LogP contribution in [0.1, 0.15) is 35.3 Å². The fourth-order valence-corrected chi connectivity index (χ4v) is 4.69. The molecule has 0 aliphatic rings. The molecule has 2 aromatic carbocycles. The second-order valence-electron chi connectivity index (χ2n) is 7.17. The molecular weight excluding hydrogens is 452 g/mol. The lowest BCUT2D eigenvalue weighted by Crippen LogP contribution is -2.23. The summed E-state index contributed by atoms with van der Waals surface area (Å²) in [7, 11) is -2.40. The number of carbonyl (C=O) groups excluding carboxylic acids is 1. The zero-order chi connectivity index (χ0) is 23.3. The first-order chi connectivity index (χ1) is 15.2. The second-order valence-corrected chi connectivity index (χ2v) is 10.1. The first kappa shape index (κ1) is 23.6. The van der Waals surface area contributed by atoms with Gasteiger partial charge in [0.15, 0.2) is 11.5 Å². The summed E-state index contributed by atoms with van der Waals surface area (Å²) >= 11 is 0.770. The second kappa shape index (κ2) is 10.1. The number of ether oxygens (including phenoxy) is 2. The number of anilines is 1. The van der Waals surface area contributed by atoms with Gasteiger partial charge in [0, 0.05) is 12.1 Å². The molecular formula is C21H24N4O5S2. The van der Waals surface area contributed by atoms with E-state index in [2.05, 4.69) is 20.2 Å². The molecule has 2 N–H and O–H groups in total. The van der Waals surface area contributed by atoms with Crippen molar-refractivity contribution in [3.05, 3.63) is 59.2 Å². The summed E-state index contributed by atoms with van der Waals surface area (Å²) in [6, 6.07) is 12.2. The highest BCUT2D eigenvalue weighted by molar-refractivity contribution is 7.91. The van der Waals surface area contributed by atoms with Gasteiger partial charge in [-0.2, -0.15) is 0 Å². The van der Waals surface area contributed by atoms with E-state index in [1.807, 2.05) is 26.8 Å². The summed E-state index contributed by atoms with van der Waals surface area (Å²) in [4.78, 5) is 12.3. The number of benzene rings is 2. The molecule has 32 heavy (non-hydrogen) atoms. The SMILES string of the molecule is COc1cc(CNS(=O)(=O)c2nnc(NC(=O)c3cccc(C)c3)s2)ccc1OC(C)C. The third kappa shape index (κ3) is 6.02. The Morgan fingerprint density at radius 2 is 1.91 bits per heavy atom. The van der Waals surface area contributed by atoms with Crippen molar-refractivity contribution in [1.29, 1.82) is 0 Å². The van der Waals surface area contributed by atoms with E-state index in [4.69, 9.17) is 9.47 Å². The van der Waals surface area contributed by atoms with Crippen molar-refractivity contribution in [3.8, 4) is 11.5 Å². The van der Waals surface area contributed by atoms with Crippen LogP contribution >= 0.6 is 11.3 Å². The fraction of sp³-hybridized carbons (Fsp3) is 0.286. The van der Waals surface area contributed by atoms with Crippen molar-refractivity contribution in [2.75, 3.05) is 12.4 Å². The van der Waals surface area contributed by atoms with Crippen molar-refractivity contribution in [2.24, 2.45) is 0 Å². The van der Waals surface area contributed by atoms with Gasteiger partial charge >= 0.3 is 0 Å². The number of carbonyl (C=O) groups is 1. The Bertz CT molecular complexity index is 1210. The van der Waals surface area contributed by atoms with Crippen LogP contribution in [0.3, 0.4) is 0 Å². The number of nitrogens with zero attached hydrogens (tertiary/aromatic N) is 2.